The zero-order chi connectivity index (χ0) is 10.7. The smallest absolute Gasteiger partial charge is 0.192 e. The van der Waals surface area contributed by atoms with Crippen molar-refractivity contribution in [3.05, 3.63) is 29.7 Å². The number of hydrogen-bond donors (Lipinski definition) is 2. The molecular formula is C11H14N2O2. The van der Waals surface area contributed by atoms with E-state index in [2.05, 4.69) is 10.3 Å². The van der Waals surface area contributed by atoms with Crippen LogP contribution in [0.25, 0.3) is 11.1 Å². The lowest BCUT2D eigenvalue weighted by molar-refractivity contribution is 0.292. The first kappa shape index (κ1) is 10.1. The highest BCUT2D eigenvalue weighted by Crippen LogP contribution is 2.16. The van der Waals surface area contributed by atoms with Crippen LogP contribution < -0.4 is 5.32 Å². The molecular weight excluding hydrogens is 192 g/mol. The summed E-state index contributed by atoms with van der Waals surface area (Å²) in [7, 11) is 0. The van der Waals surface area contributed by atoms with Gasteiger partial charge in [-0.2, -0.15) is 0 Å². The van der Waals surface area contributed by atoms with E-state index in [1.54, 1.807) is 0 Å². The summed E-state index contributed by atoms with van der Waals surface area (Å²) in [6.45, 7) is 3.34. The van der Waals surface area contributed by atoms with Crippen LogP contribution >= 0.6 is 0 Å². The molecule has 4 nitrogen and oxygen atoms in total. The van der Waals surface area contributed by atoms with E-state index in [9.17, 15) is 0 Å². The topological polar surface area (TPSA) is 58.3 Å². The van der Waals surface area contributed by atoms with Gasteiger partial charge < -0.3 is 14.8 Å². The first-order valence-corrected chi connectivity index (χ1v) is 4.97. The van der Waals surface area contributed by atoms with Crippen molar-refractivity contribution in [1.29, 1.82) is 0 Å². The maximum atomic E-state index is 8.63. The minimum Gasteiger partial charge on any atom is -0.441 e. The summed E-state index contributed by atoms with van der Waals surface area (Å²) in [4.78, 5) is 4.26. The molecule has 0 unspecified atom stereocenters. The van der Waals surface area contributed by atoms with Gasteiger partial charge in [-0.3, -0.25) is 0 Å². The quantitative estimate of drug-likeness (QED) is 0.738. The highest BCUT2D eigenvalue weighted by Gasteiger charge is 2.02. The molecule has 0 bridgehead atoms. The Morgan fingerprint density at radius 1 is 1.47 bits per heavy atom. The van der Waals surface area contributed by atoms with Gasteiger partial charge >= 0.3 is 0 Å². The van der Waals surface area contributed by atoms with Crippen molar-refractivity contribution in [3.8, 4) is 0 Å². The molecule has 1 heterocycles. The van der Waals surface area contributed by atoms with E-state index < -0.39 is 0 Å². The van der Waals surface area contributed by atoms with Crippen LogP contribution in [0.5, 0.6) is 0 Å². The van der Waals surface area contributed by atoms with Crippen LogP contribution in [-0.4, -0.2) is 23.2 Å². The summed E-state index contributed by atoms with van der Waals surface area (Å²) in [6.07, 6.45) is 0. The standard InChI is InChI=1S/C11H14N2O2/c1-8-13-10-6-9(7-12-4-5-14)2-3-11(10)15-8/h2-3,6,12,14H,4-5,7H2,1H3. The maximum Gasteiger partial charge on any atom is 0.192 e. The average molecular weight is 206 g/mol. The largest absolute Gasteiger partial charge is 0.441 e. The zero-order valence-corrected chi connectivity index (χ0v) is 8.66. The van der Waals surface area contributed by atoms with Gasteiger partial charge in [-0.25, -0.2) is 4.98 Å². The fourth-order valence-corrected chi connectivity index (χ4v) is 1.51. The number of nitrogens with one attached hydrogen (secondary N) is 1. The van der Waals surface area contributed by atoms with E-state index in [1.165, 1.54) is 0 Å². The molecule has 0 spiro atoms. The van der Waals surface area contributed by atoms with E-state index >= 15 is 0 Å². The molecule has 2 rings (SSSR count). The molecule has 80 valence electrons. The summed E-state index contributed by atoms with van der Waals surface area (Å²) >= 11 is 0. The van der Waals surface area contributed by atoms with Gasteiger partial charge in [0.25, 0.3) is 0 Å². The predicted molar refractivity (Wildman–Crippen MR) is 57.5 cm³/mol. The van der Waals surface area contributed by atoms with Gasteiger partial charge in [0, 0.05) is 20.0 Å². The van der Waals surface area contributed by atoms with Crippen molar-refractivity contribution in [2.75, 3.05) is 13.2 Å². The number of rotatable bonds is 4. The summed E-state index contributed by atoms with van der Waals surface area (Å²) in [5, 5.41) is 11.7. The van der Waals surface area contributed by atoms with Crippen molar-refractivity contribution in [2.45, 2.75) is 13.5 Å². The lowest BCUT2D eigenvalue weighted by Gasteiger charge is -2.01. The van der Waals surface area contributed by atoms with Crippen molar-refractivity contribution < 1.29 is 9.52 Å². The van der Waals surface area contributed by atoms with Gasteiger partial charge in [0.2, 0.25) is 0 Å². The summed E-state index contributed by atoms with van der Waals surface area (Å²) in [5.41, 5.74) is 2.85. The van der Waals surface area contributed by atoms with Crippen LogP contribution in [0.15, 0.2) is 22.6 Å². The molecule has 0 atom stereocenters. The minimum atomic E-state index is 0.158. The number of nitrogens with zero attached hydrogens (tertiary/aromatic N) is 1. The Balaban J connectivity index is 2.15. The van der Waals surface area contributed by atoms with Crippen molar-refractivity contribution in [1.82, 2.24) is 10.3 Å². The zero-order valence-electron chi connectivity index (χ0n) is 8.66. The number of benzene rings is 1. The van der Waals surface area contributed by atoms with Crippen LogP contribution in [0.3, 0.4) is 0 Å². The number of aliphatic hydroxyl groups is 1. The van der Waals surface area contributed by atoms with Crippen LogP contribution in [0.4, 0.5) is 0 Å². The van der Waals surface area contributed by atoms with E-state index in [-0.39, 0.29) is 6.61 Å². The highest BCUT2D eigenvalue weighted by atomic mass is 16.3. The fourth-order valence-electron chi connectivity index (χ4n) is 1.51. The number of hydrogen-bond acceptors (Lipinski definition) is 4. The van der Waals surface area contributed by atoms with Crippen molar-refractivity contribution in [2.24, 2.45) is 0 Å². The van der Waals surface area contributed by atoms with Gasteiger partial charge in [-0.05, 0) is 17.7 Å². The second kappa shape index (κ2) is 4.42. The fraction of sp³-hybridized carbons (Fsp3) is 0.364. The van der Waals surface area contributed by atoms with E-state index in [0.717, 1.165) is 23.2 Å². The molecule has 0 radical (unpaired) electrons. The second-order valence-electron chi connectivity index (χ2n) is 3.44. The van der Waals surface area contributed by atoms with Gasteiger partial charge in [-0.15, -0.1) is 0 Å². The van der Waals surface area contributed by atoms with Crippen molar-refractivity contribution in [3.63, 3.8) is 0 Å². The van der Waals surface area contributed by atoms with E-state index in [4.69, 9.17) is 9.52 Å². The second-order valence-corrected chi connectivity index (χ2v) is 3.44. The first-order valence-electron chi connectivity index (χ1n) is 4.97. The monoisotopic (exact) mass is 206 g/mol. The molecule has 2 aromatic rings. The summed E-state index contributed by atoms with van der Waals surface area (Å²) < 4.78 is 5.38. The lowest BCUT2D eigenvalue weighted by atomic mass is 10.2. The Bertz CT molecular complexity index is 451. The molecule has 0 fully saturated rings. The van der Waals surface area contributed by atoms with E-state index in [0.29, 0.717) is 12.4 Å². The first-order chi connectivity index (χ1) is 7.29. The summed E-state index contributed by atoms with van der Waals surface area (Å²) in [6, 6.07) is 5.92. The third-order valence-corrected chi connectivity index (χ3v) is 2.18. The Morgan fingerprint density at radius 2 is 2.33 bits per heavy atom. The molecule has 0 saturated carbocycles. The molecule has 0 amide bonds. The van der Waals surface area contributed by atoms with Gasteiger partial charge in [0.15, 0.2) is 11.5 Å². The van der Waals surface area contributed by atoms with Gasteiger partial charge in [0.05, 0.1) is 6.61 Å². The van der Waals surface area contributed by atoms with E-state index in [1.807, 2.05) is 25.1 Å². The minimum absolute atomic E-state index is 0.158. The lowest BCUT2D eigenvalue weighted by Crippen LogP contribution is -2.17. The molecule has 0 aliphatic carbocycles. The number of aliphatic hydroxyl groups excluding tert-OH is 1. The molecule has 4 heteroatoms. The number of fused-ring (bicyclic) bond motifs is 1. The number of aryl methyl sites for hydroxylation is 1. The van der Waals surface area contributed by atoms with Gasteiger partial charge in [-0.1, -0.05) is 6.07 Å². The van der Waals surface area contributed by atoms with Crippen LogP contribution in [-0.2, 0) is 6.54 Å². The number of aromatic nitrogens is 1. The van der Waals surface area contributed by atoms with Crippen molar-refractivity contribution >= 4 is 11.1 Å². The molecule has 2 N–H and O–H groups in total. The third-order valence-electron chi connectivity index (χ3n) is 2.18. The number of oxazole rings is 1. The molecule has 0 saturated heterocycles. The molecule has 1 aromatic heterocycles. The Kier molecular flexibility index (Phi) is 2.99. The third kappa shape index (κ3) is 2.34. The maximum absolute atomic E-state index is 8.63. The molecule has 15 heavy (non-hydrogen) atoms. The summed E-state index contributed by atoms with van der Waals surface area (Å²) in [5.74, 6) is 0.686. The van der Waals surface area contributed by atoms with Gasteiger partial charge in [0.1, 0.15) is 5.52 Å². The average Bonchev–Trinajstić information content (AvgIpc) is 2.57. The molecule has 1 aromatic carbocycles. The Labute approximate surface area is 87.9 Å². The SMILES string of the molecule is Cc1nc2cc(CNCCO)ccc2o1. The van der Waals surface area contributed by atoms with Crippen LogP contribution in [0.2, 0.25) is 0 Å². The Hall–Kier alpha value is -1.39. The van der Waals surface area contributed by atoms with Crippen LogP contribution in [0.1, 0.15) is 11.5 Å². The van der Waals surface area contributed by atoms with Crippen LogP contribution in [0, 0.1) is 6.92 Å². The molecule has 0 aliphatic rings. The Morgan fingerprint density at radius 3 is 3.13 bits per heavy atom. The molecule has 0 aliphatic heterocycles. The predicted octanol–water partition coefficient (Wildman–Crippen LogP) is 1.22. The highest BCUT2D eigenvalue weighted by molar-refractivity contribution is 5.73. The normalized spacial score (nSPS) is 11.1.